The molecule has 0 aliphatic carbocycles. The van der Waals surface area contributed by atoms with Crippen LogP contribution in [-0.4, -0.2) is 31.7 Å². The molecular formula is C16H30O3. The maximum Gasteiger partial charge on any atom is 0.119 e. The van der Waals surface area contributed by atoms with Crippen LogP contribution in [0.4, 0.5) is 0 Å². The van der Waals surface area contributed by atoms with Crippen molar-refractivity contribution in [3.63, 3.8) is 0 Å². The predicted molar refractivity (Wildman–Crippen MR) is 77.4 cm³/mol. The minimum absolute atomic E-state index is 0.323. The van der Waals surface area contributed by atoms with E-state index in [1.807, 2.05) is 0 Å². The number of aldehydes is 1. The van der Waals surface area contributed by atoms with Crippen molar-refractivity contribution >= 4 is 6.29 Å². The number of carbonyl (C=O) groups is 1. The van der Waals surface area contributed by atoms with Crippen LogP contribution in [0.1, 0.15) is 71.1 Å². The summed E-state index contributed by atoms with van der Waals surface area (Å²) in [5.41, 5.74) is 0. The molecule has 0 bridgehead atoms. The van der Waals surface area contributed by atoms with Crippen LogP contribution in [0.5, 0.6) is 0 Å². The molecule has 1 aliphatic heterocycles. The van der Waals surface area contributed by atoms with Crippen molar-refractivity contribution < 1.29 is 14.3 Å². The fourth-order valence-corrected chi connectivity index (χ4v) is 2.72. The highest BCUT2D eigenvalue weighted by Gasteiger charge is 2.25. The lowest BCUT2D eigenvalue weighted by molar-refractivity contribution is -0.144. The summed E-state index contributed by atoms with van der Waals surface area (Å²) in [5, 5.41) is 0. The Labute approximate surface area is 118 Å². The molecule has 0 aromatic rings. The predicted octanol–water partition coefficient (Wildman–Crippen LogP) is 3.89. The molecule has 0 radical (unpaired) electrons. The van der Waals surface area contributed by atoms with Crippen molar-refractivity contribution in [1.29, 1.82) is 0 Å². The topological polar surface area (TPSA) is 35.5 Å². The highest BCUT2D eigenvalue weighted by Crippen LogP contribution is 2.20. The van der Waals surface area contributed by atoms with E-state index in [0.29, 0.717) is 12.2 Å². The second kappa shape index (κ2) is 11.4. The van der Waals surface area contributed by atoms with Gasteiger partial charge in [0.2, 0.25) is 0 Å². The molecule has 0 saturated carbocycles. The molecule has 112 valence electrons. The molecule has 0 N–H and O–H groups in total. The fourth-order valence-electron chi connectivity index (χ4n) is 2.72. The molecule has 1 aliphatic rings. The Hall–Kier alpha value is -0.410. The number of ether oxygens (including phenoxy) is 2. The van der Waals surface area contributed by atoms with E-state index >= 15 is 0 Å². The smallest absolute Gasteiger partial charge is 0.119 e. The van der Waals surface area contributed by atoms with Gasteiger partial charge in [0.15, 0.2) is 0 Å². The van der Waals surface area contributed by atoms with E-state index < -0.39 is 0 Å². The lowest BCUT2D eigenvalue weighted by Gasteiger charge is -2.32. The summed E-state index contributed by atoms with van der Waals surface area (Å²) in [7, 11) is 0. The molecule has 0 amide bonds. The van der Waals surface area contributed by atoms with E-state index in [1.165, 1.54) is 38.5 Å². The molecule has 3 nitrogen and oxygen atoms in total. The first-order chi connectivity index (χ1) is 9.38. The van der Waals surface area contributed by atoms with Gasteiger partial charge in [0, 0.05) is 6.42 Å². The van der Waals surface area contributed by atoms with E-state index in [1.54, 1.807) is 0 Å². The van der Waals surface area contributed by atoms with Crippen molar-refractivity contribution in [3.8, 4) is 0 Å². The number of unbranched alkanes of at least 4 members (excludes halogenated alkanes) is 6. The van der Waals surface area contributed by atoms with E-state index in [9.17, 15) is 4.79 Å². The summed E-state index contributed by atoms with van der Waals surface area (Å²) >= 11 is 0. The first-order valence-electron chi connectivity index (χ1n) is 8.05. The molecule has 1 heterocycles. The van der Waals surface area contributed by atoms with Crippen molar-refractivity contribution in [1.82, 2.24) is 0 Å². The Bertz CT molecular complexity index is 216. The second-order valence-electron chi connectivity index (χ2n) is 5.47. The van der Waals surface area contributed by atoms with Gasteiger partial charge in [-0.25, -0.2) is 0 Å². The molecule has 1 fully saturated rings. The van der Waals surface area contributed by atoms with Crippen LogP contribution in [0.15, 0.2) is 0 Å². The summed E-state index contributed by atoms with van der Waals surface area (Å²) in [6.07, 6.45) is 13.1. The minimum atomic E-state index is 0.323. The molecule has 19 heavy (non-hydrogen) atoms. The van der Waals surface area contributed by atoms with Crippen LogP contribution in [0, 0.1) is 0 Å². The van der Waals surface area contributed by atoms with Crippen LogP contribution >= 0.6 is 0 Å². The third-order valence-corrected chi connectivity index (χ3v) is 3.80. The summed E-state index contributed by atoms with van der Waals surface area (Å²) in [5.74, 6) is 0. The number of carbonyl (C=O) groups excluding carboxylic acids is 1. The fraction of sp³-hybridized carbons (Fsp3) is 0.938. The summed E-state index contributed by atoms with van der Waals surface area (Å²) < 4.78 is 11.6. The van der Waals surface area contributed by atoms with Gasteiger partial charge in [0.25, 0.3) is 0 Å². The van der Waals surface area contributed by atoms with Crippen molar-refractivity contribution in [3.05, 3.63) is 0 Å². The van der Waals surface area contributed by atoms with Crippen LogP contribution in [-0.2, 0) is 14.3 Å². The molecular weight excluding hydrogens is 240 g/mol. The van der Waals surface area contributed by atoms with Crippen molar-refractivity contribution in [2.24, 2.45) is 0 Å². The average Bonchev–Trinajstić information content (AvgIpc) is 2.44. The molecule has 2 atom stereocenters. The van der Waals surface area contributed by atoms with E-state index in [-0.39, 0.29) is 0 Å². The summed E-state index contributed by atoms with van der Waals surface area (Å²) in [4.78, 5) is 10.2. The van der Waals surface area contributed by atoms with Crippen LogP contribution in [0.3, 0.4) is 0 Å². The van der Waals surface area contributed by atoms with Gasteiger partial charge in [0.1, 0.15) is 6.29 Å². The minimum Gasteiger partial charge on any atom is -0.373 e. The Balaban J connectivity index is 1.99. The van der Waals surface area contributed by atoms with Gasteiger partial charge in [-0.2, -0.15) is 0 Å². The normalized spacial score (nSPS) is 23.4. The third-order valence-electron chi connectivity index (χ3n) is 3.80. The average molecular weight is 270 g/mol. The Morgan fingerprint density at radius 1 is 0.895 bits per heavy atom. The van der Waals surface area contributed by atoms with Gasteiger partial charge < -0.3 is 14.3 Å². The molecule has 0 aromatic carbocycles. The molecule has 2 unspecified atom stereocenters. The molecule has 0 aromatic heterocycles. The number of hydrogen-bond donors (Lipinski definition) is 0. The quantitative estimate of drug-likeness (QED) is 0.422. The maximum absolute atomic E-state index is 10.2. The second-order valence-corrected chi connectivity index (χ2v) is 5.47. The molecule has 1 saturated heterocycles. The van der Waals surface area contributed by atoms with Crippen molar-refractivity contribution in [2.45, 2.75) is 83.3 Å². The lowest BCUT2D eigenvalue weighted by Crippen LogP contribution is -2.38. The first-order valence-corrected chi connectivity index (χ1v) is 8.05. The van der Waals surface area contributed by atoms with E-state index in [0.717, 1.165) is 45.2 Å². The number of hydrogen-bond acceptors (Lipinski definition) is 3. The highest BCUT2D eigenvalue weighted by molar-refractivity contribution is 5.48. The monoisotopic (exact) mass is 270 g/mol. The van der Waals surface area contributed by atoms with Gasteiger partial charge in [-0.3, -0.25) is 0 Å². The maximum atomic E-state index is 10.2. The van der Waals surface area contributed by atoms with Gasteiger partial charge in [-0.1, -0.05) is 45.4 Å². The zero-order chi connectivity index (χ0) is 13.8. The Kier molecular flexibility index (Phi) is 10.0. The SMILES string of the molecule is CCCC1OCCOC1CCCCCCCCC=O. The van der Waals surface area contributed by atoms with Gasteiger partial charge >= 0.3 is 0 Å². The first kappa shape index (κ1) is 16.6. The Morgan fingerprint density at radius 2 is 1.47 bits per heavy atom. The van der Waals surface area contributed by atoms with E-state index in [4.69, 9.17) is 9.47 Å². The number of rotatable bonds is 11. The molecule has 3 heteroatoms. The Morgan fingerprint density at radius 3 is 2.11 bits per heavy atom. The third kappa shape index (κ3) is 7.68. The van der Waals surface area contributed by atoms with Crippen molar-refractivity contribution in [2.75, 3.05) is 13.2 Å². The zero-order valence-corrected chi connectivity index (χ0v) is 12.4. The molecule has 0 spiro atoms. The van der Waals surface area contributed by atoms with E-state index in [2.05, 4.69) is 6.92 Å². The summed E-state index contributed by atoms with van der Waals surface area (Å²) in [6, 6.07) is 0. The zero-order valence-electron chi connectivity index (χ0n) is 12.4. The van der Waals surface area contributed by atoms with Gasteiger partial charge in [-0.05, 0) is 19.3 Å². The highest BCUT2D eigenvalue weighted by atomic mass is 16.6. The van der Waals surface area contributed by atoms with Gasteiger partial charge in [-0.15, -0.1) is 0 Å². The van der Waals surface area contributed by atoms with Crippen LogP contribution in [0.25, 0.3) is 0 Å². The van der Waals surface area contributed by atoms with Gasteiger partial charge in [0.05, 0.1) is 25.4 Å². The largest absolute Gasteiger partial charge is 0.373 e. The van der Waals surface area contributed by atoms with Crippen LogP contribution < -0.4 is 0 Å². The summed E-state index contributed by atoms with van der Waals surface area (Å²) in [6.45, 7) is 3.73. The molecule has 1 rings (SSSR count). The standard InChI is InChI=1S/C16H30O3/c1-2-10-15-16(19-14-13-18-15)11-8-6-4-3-5-7-9-12-17/h12,15-16H,2-11,13-14H2,1H3. The van der Waals surface area contributed by atoms with Crippen LogP contribution in [0.2, 0.25) is 0 Å². The lowest BCUT2D eigenvalue weighted by atomic mass is 10.0.